The number of carbonyl (C=O) groups excluding carboxylic acids is 1. The van der Waals surface area contributed by atoms with Crippen LogP contribution in [-0.2, 0) is 4.79 Å². The summed E-state index contributed by atoms with van der Waals surface area (Å²) in [5.41, 5.74) is 0.171. The molecule has 1 rings (SSSR count). The van der Waals surface area contributed by atoms with Crippen molar-refractivity contribution >= 4 is 5.78 Å². The Morgan fingerprint density at radius 3 is 2.82 bits per heavy atom. The summed E-state index contributed by atoms with van der Waals surface area (Å²) < 4.78 is 0. The molecule has 11 heavy (non-hydrogen) atoms. The van der Waals surface area contributed by atoms with Crippen molar-refractivity contribution in [2.75, 3.05) is 0 Å². The maximum atomic E-state index is 11.1. The van der Waals surface area contributed by atoms with Crippen LogP contribution in [0.3, 0.4) is 0 Å². The molecule has 0 amide bonds. The number of hydrogen-bond donors (Lipinski definition) is 0. The topological polar surface area (TPSA) is 17.1 Å². The van der Waals surface area contributed by atoms with Gasteiger partial charge in [0.25, 0.3) is 0 Å². The Labute approximate surface area is 68.5 Å². The molecule has 1 saturated carbocycles. The van der Waals surface area contributed by atoms with Gasteiger partial charge in [-0.15, -0.1) is 0 Å². The van der Waals surface area contributed by atoms with Crippen LogP contribution >= 0.6 is 0 Å². The fourth-order valence-electron chi connectivity index (χ4n) is 1.86. The molecule has 1 atom stereocenters. The molecule has 0 aliphatic heterocycles. The summed E-state index contributed by atoms with van der Waals surface area (Å²) in [5, 5.41) is 0. The standard InChI is InChI=1S/C10H16O/c1-3-6-10(2)7-4-5-9(11)8-10/h3,6H,4-5,7-8H2,1-2H3/b6-3-. The first-order valence-electron chi connectivity index (χ1n) is 4.32. The molecule has 0 spiro atoms. The molecule has 0 radical (unpaired) electrons. The number of Topliss-reactive ketones (excluding diaryl/α,β-unsaturated/α-hetero) is 1. The first kappa shape index (κ1) is 8.51. The maximum absolute atomic E-state index is 11.1. The minimum Gasteiger partial charge on any atom is -0.300 e. The molecule has 0 bridgehead atoms. The molecule has 1 aliphatic rings. The summed E-state index contributed by atoms with van der Waals surface area (Å²) in [6.45, 7) is 4.19. The van der Waals surface area contributed by atoms with E-state index < -0.39 is 0 Å². The van der Waals surface area contributed by atoms with E-state index in [9.17, 15) is 4.79 Å². The number of ketones is 1. The number of carbonyl (C=O) groups is 1. The smallest absolute Gasteiger partial charge is 0.133 e. The van der Waals surface area contributed by atoms with Gasteiger partial charge in [0.15, 0.2) is 0 Å². The Morgan fingerprint density at radius 2 is 2.27 bits per heavy atom. The molecule has 1 aliphatic carbocycles. The van der Waals surface area contributed by atoms with Crippen LogP contribution in [0, 0.1) is 5.41 Å². The Hall–Kier alpha value is -0.590. The summed E-state index contributed by atoms with van der Waals surface area (Å²) in [5.74, 6) is 0.428. The van der Waals surface area contributed by atoms with Crippen molar-refractivity contribution in [3.05, 3.63) is 12.2 Å². The lowest BCUT2D eigenvalue weighted by atomic mass is 9.75. The van der Waals surface area contributed by atoms with E-state index in [1.807, 2.05) is 6.92 Å². The van der Waals surface area contributed by atoms with Crippen LogP contribution in [0.25, 0.3) is 0 Å². The van der Waals surface area contributed by atoms with E-state index in [1.165, 1.54) is 6.42 Å². The Morgan fingerprint density at radius 1 is 1.55 bits per heavy atom. The molecule has 1 heteroatoms. The van der Waals surface area contributed by atoms with Crippen molar-refractivity contribution in [1.29, 1.82) is 0 Å². The van der Waals surface area contributed by atoms with Crippen LogP contribution in [0.2, 0.25) is 0 Å². The van der Waals surface area contributed by atoms with E-state index in [0.717, 1.165) is 19.3 Å². The molecule has 62 valence electrons. The predicted octanol–water partition coefficient (Wildman–Crippen LogP) is 2.71. The number of hydrogen-bond acceptors (Lipinski definition) is 1. The number of allylic oxidation sites excluding steroid dienone is 2. The fourth-order valence-corrected chi connectivity index (χ4v) is 1.86. The van der Waals surface area contributed by atoms with Crippen LogP contribution in [0.5, 0.6) is 0 Å². The minimum absolute atomic E-state index is 0.171. The van der Waals surface area contributed by atoms with Gasteiger partial charge < -0.3 is 0 Å². The van der Waals surface area contributed by atoms with Crippen LogP contribution in [-0.4, -0.2) is 5.78 Å². The Kier molecular flexibility index (Phi) is 2.48. The average molecular weight is 152 g/mol. The van der Waals surface area contributed by atoms with E-state index in [4.69, 9.17) is 0 Å². The zero-order valence-corrected chi connectivity index (χ0v) is 7.39. The largest absolute Gasteiger partial charge is 0.300 e. The lowest BCUT2D eigenvalue weighted by Gasteiger charge is -2.29. The van der Waals surface area contributed by atoms with Crippen molar-refractivity contribution in [3.63, 3.8) is 0 Å². The van der Waals surface area contributed by atoms with Gasteiger partial charge in [-0.2, -0.15) is 0 Å². The molecular formula is C10H16O. The third-order valence-corrected chi connectivity index (χ3v) is 2.37. The number of rotatable bonds is 1. The molecule has 1 nitrogen and oxygen atoms in total. The monoisotopic (exact) mass is 152 g/mol. The van der Waals surface area contributed by atoms with Crippen molar-refractivity contribution < 1.29 is 4.79 Å². The van der Waals surface area contributed by atoms with Gasteiger partial charge in [-0.05, 0) is 25.2 Å². The molecule has 0 heterocycles. The van der Waals surface area contributed by atoms with Crippen molar-refractivity contribution in [2.24, 2.45) is 5.41 Å². The molecule has 0 saturated heterocycles. The SMILES string of the molecule is C/C=C\C1(C)CCCC(=O)C1. The van der Waals surface area contributed by atoms with Crippen molar-refractivity contribution in [1.82, 2.24) is 0 Å². The fraction of sp³-hybridized carbons (Fsp3) is 0.700. The third kappa shape index (κ3) is 2.18. The molecule has 0 aromatic carbocycles. The van der Waals surface area contributed by atoms with Crippen LogP contribution < -0.4 is 0 Å². The Balaban J connectivity index is 2.62. The third-order valence-electron chi connectivity index (χ3n) is 2.37. The van der Waals surface area contributed by atoms with Gasteiger partial charge >= 0.3 is 0 Å². The van der Waals surface area contributed by atoms with Crippen molar-refractivity contribution in [2.45, 2.75) is 39.5 Å². The molecular weight excluding hydrogens is 136 g/mol. The second kappa shape index (κ2) is 3.21. The predicted molar refractivity (Wildman–Crippen MR) is 46.4 cm³/mol. The first-order valence-corrected chi connectivity index (χ1v) is 4.32. The van der Waals surface area contributed by atoms with E-state index >= 15 is 0 Å². The van der Waals surface area contributed by atoms with Gasteiger partial charge in [0.1, 0.15) is 5.78 Å². The van der Waals surface area contributed by atoms with E-state index in [2.05, 4.69) is 19.1 Å². The zero-order chi connectivity index (χ0) is 8.32. The van der Waals surface area contributed by atoms with Gasteiger partial charge in [0, 0.05) is 12.8 Å². The van der Waals surface area contributed by atoms with E-state index in [1.54, 1.807) is 0 Å². The summed E-state index contributed by atoms with van der Waals surface area (Å²) in [6, 6.07) is 0. The molecule has 0 N–H and O–H groups in total. The molecule has 1 unspecified atom stereocenters. The lowest BCUT2D eigenvalue weighted by Crippen LogP contribution is -2.23. The van der Waals surface area contributed by atoms with Gasteiger partial charge in [-0.3, -0.25) is 4.79 Å². The van der Waals surface area contributed by atoms with Crippen molar-refractivity contribution in [3.8, 4) is 0 Å². The highest BCUT2D eigenvalue weighted by atomic mass is 16.1. The first-order chi connectivity index (χ1) is 5.16. The second-order valence-corrected chi connectivity index (χ2v) is 3.72. The molecule has 1 fully saturated rings. The highest BCUT2D eigenvalue weighted by Crippen LogP contribution is 2.34. The summed E-state index contributed by atoms with van der Waals surface area (Å²) in [4.78, 5) is 11.1. The highest BCUT2D eigenvalue weighted by molar-refractivity contribution is 5.80. The Bertz CT molecular complexity index is 181. The van der Waals surface area contributed by atoms with Gasteiger partial charge in [0.2, 0.25) is 0 Å². The molecule has 0 aromatic rings. The summed E-state index contributed by atoms with van der Waals surface area (Å²) in [7, 11) is 0. The zero-order valence-electron chi connectivity index (χ0n) is 7.39. The van der Waals surface area contributed by atoms with Crippen LogP contribution in [0.4, 0.5) is 0 Å². The van der Waals surface area contributed by atoms with Crippen LogP contribution in [0.1, 0.15) is 39.5 Å². The van der Waals surface area contributed by atoms with Gasteiger partial charge in [-0.25, -0.2) is 0 Å². The average Bonchev–Trinajstić information content (AvgIpc) is 1.86. The normalized spacial score (nSPS) is 33.1. The quantitative estimate of drug-likeness (QED) is 0.528. The molecule has 0 aromatic heterocycles. The minimum atomic E-state index is 0.171. The van der Waals surface area contributed by atoms with Gasteiger partial charge in [0.05, 0.1) is 0 Å². The van der Waals surface area contributed by atoms with E-state index in [0.29, 0.717) is 5.78 Å². The maximum Gasteiger partial charge on any atom is 0.133 e. The summed E-state index contributed by atoms with van der Waals surface area (Å²) in [6.07, 6.45) is 8.01. The van der Waals surface area contributed by atoms with Gasteiger partial charge in [-0.1, -0.05) is 19.1 Å². The highest BCUT2D eigenvalue weighted by Gasteiger charge is 2.27. The second-order valence-electron chi connectivity index (χ2n) is 3.72. The lowest BCUT2D eigenvalue weighted by molar-refractivity contribution is -0.122. The van der Waals surface area contributed by atoms with Crippen LogP contribution in [0.15, 0.2) is 12.2 Å². The summed E-state index contributed by atoms with van der Waals surface area (Å²) >= 11 is 0. The van der Waals surface area contributed by atoms with E-state index in [-0.39, 0.29) is 5.41 Å².